The molecule has 0 radical (unpaired) electrons. The fourth-order valence-corrected chi connectivity index (χ4v) is 1.58. The van der Waals surface area contributed by atoms with Crippen molar-refractivity contribution in [3.05, 3.63) is 29.8 Å². The van der Waals surface area contributed by atoms with E-state index in [4.69, 9.17) is 0 Å². The first kappa shape index (κ1) is 13.2. The quantitative estimate of drug-likeness (QED) is 0.821. The zero-order valence-corrected chi connectivity index (χ0v) is 11.4. The Bertz CT molecular complexity index is 559. The minimum atomic E-state index is -0.0646. The number of benzene rings is 1. The van der Waals surface area contributed by atoms with E-state index in [0.29, 0.717) is 5.82 Å². The lowest BCUT2D eigenvalue weighted by atomic mass is 10.1. The van der Waals surface area contributed by atoms with Crippen LogP contribution in [0, 0.1) is 0 Å². The van der Waals surface area contributed by atoms with Gasteiger partial charge < -0.3 is 4.90 Å². The van der Waals surface area contributed by atoms with Crippen LogP contribution in [-0.4, -0.2) is 45.1 Å². The predicted molar refractivity (Wildman–Crippen MR) is 71.3 cm³/mol. The number of tetrazole rings is 1. The molecule has 6 heteroatoms. The number of rotatable bonds is 4. The van der Waals surface area contributed by atoms with Gasteiger partial charge in [-0.05, 0) is 17.2 Å². The molecule has 1 amide bonds. The van der Waals surface area contributed by atoms with E-state index in [-0.39, 0.29) is 12.5 Å². The molecular formula is C13H17N5O. The van der Waals surface area contributed by atoms with E-state index in [0.717, 1.165) is 12.0 Å². The second kappa shape index (κ2) is 5.60. The van der Waals surface area contributed by atoms with Crippen molar-refractivity contribution in [2.24, 2.45) is 0 Å². The summed E-state index contributed by atoms with van der Waals surface area (Å²) in [7, 11) is 3.40. The minimum absolute atomic E-state index is 0.0646. The molecule has 0 aliphatic rings. The maximum Gasteiger partial charge on any atom is 0.245 e. The van der Waals surface area contributed by atoms with Gasteiger partial charge in [0.05, 0.1) is 0 Å². The van der Waals surface area contributed by atoms with Crippen molar-refractivity contribution >= 4 is 5.91 Å². The lowest BCUT2D eigenvalue weighted by molar-refractivity contribution is -0.129. The van der Waals surface area contributed by atoms with Crippen LogP contribution in [0.1, 0.15) is 12.5 Å². The molecule has 100 valence electrons. The van der Waals surface area contributed by atoms with Crippen molar-refractivity contribution in [1.82, 2.24) is 25.1 Å². The molecule has 0 bridgehead atoms. The molecule has 2 rings (SSSR count). The molecular weight excluding hydrogens is 242 g/mol. The van der Waals surface area contributed by atoms with Gasteiger partial charge in [-0.15, -0.1) is 10.2 Å². The van der Waals surface area contributed by atoms with Crippen LogP contribution in [0.4, 0.5) is 0 Å². The van der Waals surface area contributed by atoms with Crippen LogP contribution in [0.3, 0.4) is 0 Å². The zero-order chi connectivity index (χ0) is 13.8. The molecule has 2 aromatic rings. The largest absolute Gasteiger partial charge is 0.347 e. The summed E-state index contributed by atoms with van der Waals surface area (Å²) in [6.07, 6.45) is 0.998. The first-order valence-corrected chi connectivity index (χ1v) is 6.17. The molecule has 0 aliphatic heterocycles. The minimum Gasteiger partial charge on any atom is -0.347 e. The molecule has 0 aliphatic carbocycles. The maximum atomic E-state index is 11.5. The number of likely N-dealkylation sites (N-methyl/N-ethyl adjacent to an activating group) is 1. The smallest absolute Gasteiger partial charge is 0.245 e. The molecule has 0 N–H and O–H groups in total. The molecule has 0 spiro atoms. The van der Waals surface area contributed by atoms with Crippen LogP contribution in [0.25, 0.3) is 11.4 Å². The van der Waals surface area contributed by atoms with Crippen LogP contribution in [0.5, 0.6) is 0 Å². The molecule has 0 unspecified atom stereocenters. The van der Waals surface area contributed by atoms with Crippen LogP contribution >= 0.6 is 0 Å². The van der Waals surface area contributed by atoms with Gasteiger partial charge in [-0.3, -0.25) is 4.79 Å². The lowest BCUT2D eigenvalue weighted by Gasteiger charge is -2.08. The summed E-state index contributed by atoms with van der Waals surface area (Å²) < 4.78 is 0. The van der Waals surface area contributed by atoms with Crippen LogP contribution < -0.4 is 0 Å². The van der Waals surface area contributed by atoms with Gasteiger partial charge in [-0.2, -0.15) is 4.80 Å². The third-order valence-corrected chi connectivity index (χ3v) is 2.85. The topological polar surface area (TPSA) is 63.9 Å². The molecule has 19 heavy (non-hydrogen) atoms. The van der Waals surface area contributed by atoms with Crippen molar-refractivity contribution in [2.75, 3.05) is 14.1 Å². The van der Waals surface area contributed by atoms with Crippen LogP contribution in [0.15, 0.2) is 24.3 Å². The van der Waals surface area contributed by atoms with Crippen molar-refractivity contribution in [1.29, 1.82) is 0 Å². The second-order valence-corrected chi connectivity index (χ2v) is 4.48. The number of amides is 1. The molecule has 0 fully saturated rings. The Morgan fingerprint density at radius 1 is 1.26 bits per heavy atom. The number of nitrogens with zero attached hydrogens (tertiary/aromatic N) is 5. The van der Waals surface area contributed by atoms with E-state index < -0.39 is 0 Å². The Labute approximate surface area is 112 Å². The monoisotopic (exact) mass is 259 g/mol. The highest BCUT2D eigenvalue weighted by atomic mass is 16.2. The SMILES string of the molecule is CCc1ccc(-c2nnn(CC(=O)N(C)C)n2)cc1. The van der Waals surface area contributed by atoms with Crippen molar-refractivity contribution in [3.8, 4) is 11.4 Å². The van der Waals surface area contributed by atoms with Crippen molar-refractivity contribution < 1.29 is 4.79 Å². The third kappa shape index (κ3) is 3.15. The van der Waals surface area contributed by atoms with E-state index in [2.05, 4.69) is 22.3 Å². The van der Waals surface area contributed by atoms with Crippen LogP contribution in [-0.2, 0) is 17.8 Å². The average molecular weight is 259 g/mol. The van der Waals surface area contributed by atoms with E-state index in [9.17, 15) is 4.79 Å². The maximum absolute atomic E-state index is 11.5. The number of hydrogen-bond acceptors (Lipinski definition) is 4. The summed E-state index contributed by atoms with van der Waals surface area (Å²) in [6, 6.07) is 8.02. The molecule has 6 nitrogen and oxygen atoms in total. The lowest BCUT2D eigenvalue weighted by Crippen LogP contribution is -2.27. The van der Waals surface area contributed by atoms with Gasteiger partial charge >= 0.3 is 0 Å². The first-order valence-electron chi connectivity index (χ1n) is 6.17. The fourth-order valence-electron chi connectivity index (χ4n) is 1.58. The van der Waals surface area contributed by atoms with Gasteiger partial charge in [0.15, 0.2) is 0 Å². The molecule has 1 heterocycles. The number of aromatic nitrogens is 4. The number of carbonyl (C=O) groups excluding carboxylic acids is 1. The Hall–Kier alpha value is -2.24. The standard InChI is InChI=1S/C13H17N5O/c1-4-10-5-7-11(8-6-10)13-14-16-18(15-13)9-12(19)17(2)3/h5-8H,4,9H2,1-3H3. The number of carbonyl (C=O) groups is 1. The van der Waals surface area contributed by atoms with Gasteiger partial charge in [0.25, 0.3) is 0 Å². The first-order chi connectivity index (χ1) is 9.10. The summed E-state index contributed by atoms with van der Waals surface area (Å²) in [5.74, 6) is 0.472. The highest BCUT2D eigenvalue weighted by Gasteiger charge is 2.10. The van der Waals surface area contributed by atoms with E-state index in [1.165, 1.54) is 15.3 Å². The zero-order valence-electron chi connectivity index (χ0n) is 11.4. The molecule has 0 atom stereocenters. The molecule has 1 aromatic heterocycles. The van der Waals surface area contributed by atoms with Gasteiger partial charge in [-0.25, -0.2) is 0 Å². The number of hydrogen-bond donors (Lipinski definition) is 0. The molecule has 0 saturated heterocycles. The Morgan fingerprint density at radius 2 is 1.95 bits per heavy atom. The Morgan fingerprint density at radius 3 is 2.53 bits per heavy atom. The van der Waals surface area contributed by atoms with Crippen molar-refractivity contribution in [3.63, 3.8) is 0 Å². The summed E-state index contributed by atoms with van der Waals surface area (Å²) >= 11 is 0. The summed E-state index contributed by atoms with van der Waals surface area (Å²) in [6.45, 7) is 2.21. The van der Waals surface area contributed by atoms with Crippen molar-refractivity contribution in [2.45, 2.75) is 19.9 Å². The van der Waals surface area contributed by atoms with Gasteiger partial charge in [0.1, 0.15) is 6.54 Å². The normalized spacial score (nSPS) is 10.5. The Balaban J connectivity index is 2.13. The summed E-state index contributed by atoms with van der Waals surface area (Å²) in [5.41, 5.74) is 2.17. The van der Waals surface area contributed by atoms with E-state index >= 15 is 0 Å². The predicted octanol–water partition coefficient (Wildman–Crippen LogP) is 0.991. The fraction of sp³-hybridized carbons (Fsp3) is 0.385. The molecule has 1 aromatic carbocycles. The third-order valence-electron chi connectivity index (χ3n) is 2.85. The van der Waals surface area contributed by atoms with E-state index in [1.807, 2.05) is 24.3 Å². The Kier molecular flexibility index (Phi) is 3.89. The van der Waals surface area contributed by atoms with E-state index in [1.54, 1.807) is 14.1 Å². The number of aryl methyl sites for hydroxylation is 1. The van der Waals surface area contributed by atoms with Gasteiger partial charge in [-0.1, -0.05) is 31.2 Å². The summed E-state index contributed by atoms with van der Waals surface area (Å²) in [4.78, 5) is 14.3. The summed E-state index contributed by atoms with van der Waals surface area (Å²) in [5, 5.41) is 12.1. The highest BCUT2D eigenvalue weighted by Crippen LogP contribution is 2.14. The highest BCUT2D eigenvalue weighted by molar-refractivity contribution is 5.75. The second-order valence-electron chi connectivity index (χ2n) is 4.48. The van der Waals surface area contributed by atoms with Gasteiger partial charge in [0, 0.05) is 19.7 Å². The van der Waals surface area contributed by atoms with Crippen LogP contribution in [0.2, 0.25) is 0 Å². The average Bonchev–Trinajstić information content (AvgIpc) is 2.87. The van der Waals surface area contributed by atoms with Gasteiger partial charge in [0.2, 0.25) is 11.7 Å². The molecule has 0 saturated carbocycles.